The lowest BCUT2D eigenvalue weighted by Gasteiger charge is -2.23. The molecule has 0 N–H and O–H groups in total. The van der Waals surface area contributed by atoms with Gasteiger partial charge in [0.05, 0.1) is 12.7 Å². The maximum atomic E-state index is 12.2. The van der Waals surface area contributed by atoms with E-state index in [0.717, 1.165) is 0 Å². The molecule has 0 fully saturated rings. The summed E-state index contributed by atoms with van der Waals surface area (Å²) in [5, 5.41) is -3.19. The fourth-order valence-electron chi connectivity index (χ4n) is 1.65. The van der Waals surface area contributed by atoms with E-state index in [1.54, 1.807) is 0 Å². The van der Waals surface area contributed by atoms with Crippen molar-refractivity contribution in [3.63, 3.8) is 0 Å². The van der Waals surface area contributed by atoms with Gasteiger partial charge in [0.25, 0.3) is 5.12 Å². The molecule has 0 saturated heterocycles. The molecular formula is C12H9F3O4S. The second-order valence-corrected chi connectivity index (χ2v) is 5.10. The van der Waals surface area contributed by atoms with E-state index >= 15 is 0 Å². The van der Waals surface area contributed by atoms with Gasteiger partial charge in [-0.2, -0.15) is 13.2 Å². The molecular weight excluding hydrogens is 297 g/mol. The van der Waals surface area contributed by atoms with E-state index in [2.05, 4.69) is 0 Å². The van der Waals surface area contributed by atoms with E-state index in [1.807, 2.05) is 0 Å². The van der Waals surface area contributed by atoms with Gasteiger partial charge < -0.3 is 9.47 Å². The van der Waals surface area contributed by atoms with Crippen LogP contribution in [0.4, 0.5) is 13.2 Å². The fraction of sp³-hybridized carbons (Fsp3) is 0.333. The number of fused-ring (bicyclic) bond motifs is 1. The minimum atomic E-state index is -4.97. The van der Waals surface area contributed by atoms with Gasteiger partial charge >= 0.3 is 6.18 Å². The molecule has 8 heteroatoms. The first-order chi connectivity index (χ1) is 9.32. The largest absolute Gasteiger partial charge is 0.497 e. The molecule has 1 atom stereocenters. The highest BCUT2D eigenvalue weighted by atomic mass is 32.2. The van der Waals surface area contributed by atoms with Crippen molar-refractivity contribution in [1.82, 2.24) is 0 Å². The number of carbonyl (C=O) groups is 2. The highest BCUT2D eigenvalue weighted by Crippen LogP contribution is 2.35. The van der Waals surface area contributed by atoms with Crippen LogP contribution in [0.3, 0.4) is 0 Å². The Morgan fingerprint density at radius 2 is 2.15 bits per heavy atom. The van der Waals surface area contributed by atoms with Crippen molar-refractivity contribution in [3.05, 3.63) is 23.8 Å². The van der Waals surface area contributed by atoms with E-state index in [0.29, 0.717) is 5.75 Å². The van der Waals surface area contributed by atoms with Crippen molar-refractivity contribution >= 4 is 22.7 Å². The van der Waals surface area contributed by atoms with E-state index in [1.165, 1.54) is 25.3 Å². The Balaban J connectivity index is 2.18. The summed E-state index contributed by atoms with van der Waals surface area (Å²) < 4.78 is 46.7. The molecule has 1 aromatic carbocycles. The Hall–Kier alpha value is -1.70. The molecule has 0 spiro atoms. The molecule has 1 aliphatic heterocycles. The molecule has 0 saturated carbocycles. The molecule has 4 nitrogen and oxygen atoms in total. The Labute approximate surface area is 116 Å². The maximum Gasteiger partial charge on any atom is 0.460 e. The van der Waals surface area contributed by atoms with Crippen molar-refractivity contribution in [3.8, 4) is 11.5 Å². The zero-order chi connectivity index (χ0) is 14.9. The lowest BCUT2D eigenvalue weighted by molar-refractivity contribution is -0.160. The van der Waals surface area contributed by atoms with Gasteiger partial charge in [-0.1, -0.05) is 11.8 Å². The summed E-state index contributed by atoms with van der Waals surface area (Å²) in [6, 6.07) is 4.37. The van der Waals surface area contributed by atoms with Crippen LogP contribution in [0, 0.1) is 0 Å². The van der Waals surface area contributed by atoms with Crippen LogP contribution >= 0.6 is 11.8 Å². The number of thioether (sulfide) groups is 1. The van der Waals surface area contributed by atoms with Crippen molar-refractivity contribution in [1.29, 1.82) is 0 Å². The van der Waals surface area contributed by atoms with Gasteiger partial charge in [-0.25, -0.2) is 0 Å². The van der Waals surface area contributed by atoms with Gasteiger partial charge in [0.15, 0.2) is 5.78 Å². The summed E-state index contributed by atoms with van der Waals surface area (Å²) in [6.07, 6.45) is -4.97. The van der Waals surface area contributed by atoms with Crippen LogP contribution in [0.5, 0.6) is 11.5 Å². The molecule has 2 rings (SSSR count). The molecule has 0 radical (unpaired) electrons. The number of hydrogen-bond acceptors (Lipinski definition) is 5. The van der Waals surface area contributed by atoms with Gasteiger partial charge in [-0.05, 0) is 12.1 Å². The Kier molecular flexibility index (Phi) is 3.94. The van der Waals surface area contributed by atoms with Gasteiger partial charge in [0, 0.05) is 6.07 Å². The van der Waals surface area contributed by atoms with E-state index in [9.17, 15) is 22.8 Å². The Morgan fingerprint density at radius 3 is 2.75 bits per heavy atom. The standard InChI is InChI=1S/C12H9F3O4S/c1-18-6-2-3-7-8(4-6)19-5-9(10(7)16)20-11(17)12(13,14)15/h2-4,9H,5H2,1H3. The topological polar surface area (TPSA) is 52.6 Å². The van der Waals surface area contributed by atoms with Crippen LogP contribution in [0.25, 0.3) is 0 Å². The Bertz CT molecular complexity index is 556. The average molecular weight is 306 g/mol. The predicted molar refractivity (Wildman–Crippen MR) is 65.3 cm³/mol. The number of ketones is 1. The monoisotopic (exact) mass is 306 g/mol. The molecule has 20 heavy (non-hydrogen) atoms. The number of halogens is 3. The van der Waals surface area contributed by atoms with Crippen molar-refractivity contribution in [2.45, 2.75) is 11.4 Å². The maximum absolute atomic E-state index is 12.2. The second-order valence-electron chi connectivity index (χ2n) is 3.93. The van der Waals surface area contributed by atoms with Crippen LogP contribution in [-0.4, -0.2) is 36.0 Å². The van der Waals surface area contributed by atoms with Gasteiger partial charge in [0.2, 0.25) is 0 Å². The SMILES string of the molecule is COc1ccc2c(c1)OCC(SC(=O)C(F)(F)F)C2=O. The van der Waals surface area contributed by atoms with Crippen molar-refractivity contribution in [2.24, 2.45) is 0 Å². The van der Waals surface area contributed by atoms with Crippen LogP contribution in [0.15, 0.2) is 18.2 Å². The van der Waals surface area contributed by atoms with Crippen LogP contribution in [0.1, 0.15) is 10.4 Å². The number of Topliss-reactive ketones (excluding diaryl/α,β-unsaturated/α-hetero) is 1. The van der Waals surface area contributed by atoms with Gasteiger partial charge in [-0.15, -0.1) is 0 Å². The number of hydrogen-bond donors (Lipinski definition) is 0. The summed E-state index contributed by atoms with van der Waals surface area (Å²) in [6.45, 7) is -0.286. The summed E-state index contributed by atoms with van der Waals surface area (Å²) in [7, 11) is 1.44. The number of methoxy groups -OCH3 is 1. The predicted octanol–water partition coefficient (Wildman–Crippen LogP) is 2.46. The third kappa shape index (κ3) is 2.90. The van der Waals surface area contributed by atoms with Crippen LogP contribution < -0.4 is 9.47 Å². The molecule has 0 bridgehead atoms. The number of ether oxygens (including phenoxy) is 2. The second kappa shape index (κ2) is 5.35. The molecule has 1 aliphatic rings. The zero-order valence-electron chi connectivity index (χ0n) is 10.2. The number of rotatable bonds is 2. The highest BCUT2D eigenvalue weighted by molar-refractivity contribution is 8.14. The smallest absolute Gasteiger partial charge is 0.460 e. The minimum Gasteiger partial charge on any atom is -0.497 e. The third-order valence-corrected chi connectivity index (χ3v) is 3.70. The van der Waals surface area contributed by atoms with Crippen LogP contribution in [-0.2, 0) is 4.79 Å². The first-order valence-electron chi connectivity index (χ1n) is 5.46. The van der Waals surface area contributed by atoms with E-state index in [4.69, 9.17) is 9.47 Å². The summed E-state index contributed by atoms with van der Waals surface area (Å²) in [5.74, 6) is 0.149. The summed E-state index contributed by atoms with van der Waals surface area (Å²) >= 11 is -0.0606. The quantitative estimate of drug-likeness (QED) is 0.840. The molecule has 0 aliphatic carbocycles. The minimum absolute atomic E-state index is 0.0606. The van der Waals surface area contributed by atoms with Gasteiger partial charge in [-0.3, -0.25) is 9.59 Å². The number of benzene rings is 1. The molecule has 1 unspecified atom stereocenters. The van der Waals surface area contributed by atoms with Gasteiger partial charge in [0.1, 0.15) is 23.4 Å². The zero-order valence-corrected chi connectivity index (χ0v) is 11.0. The highest BCUT2D eigenvalue weighted by Gasteiger charge is 2.43. The fourth-order valence-corrected chi connectivity index (χ4v) is 2.41. The van der Waals surface area contributed by atoms with Crippen LogP contribution in [0.2, 0.25) is 0 Å². The van der Waals surface area contributed by atoms with E-state index in [-0.39, 0.29) is 29.7 Å². The normalized spacial score (nSPS) is 18.2. The number of carbonyl (C=O) groups excluding carboxylic acids is 2. The average Bonchev–Trinajstić information content (AvgIpc) is 2.40. The molecule has 0 amide bonds. The first kappa shape index (κ1) is 14.7. The van der Waals surface area contributed by atoms with Crippen molar-refractivity contribution in [2.75, 3.05) is 13.7 Å². The lowest BCUT2D eigenvalue weighted by Crippen LogP contribution is -2.34. The molecule has 108 valence electrons. The first-order valence-corrected chi connectivity index (χ1v) is 6.33. The Morgan fingerprint density at radius 1 is 1.45 bits per heavy atom. The summed E-state index contributed by atoms with van der Waals surface area (Å²) in [4.78, 5) is 22.9. The van der Waals surface area contributed by atoms with Crippen molar-refractivity contribution < 1.29 is 32.2 Å². The summed E-state index contributed by atoms with van der Waals surface area (Å²) in [5.41, 5.74) is 0.143. The molecule has 0 aromatic heterocycles. The van der Waals surface area contributed by atoms with E-state index < -0.39 is 22.3 Å². The molecule has 1 heterocycles. The third-order valence-electron chi connectivity index (χ3n) is 2.62. The lowest BCUT2D eigenvalue weighted by atomic mass is 10.0. The molecule has 1 aromatic rings. The number of alkyl halides is 3.